The average Bonchev–Trinajstić information content (AvgIpc) is 2.87. The van der Waals surface area contributed by atoms with Gasteiger partial charge in [0.15, 0.2) is 0 Å². The molecular formula is C26H30F2N6O3. The Bertz CT molecular complexity index is 1200. The second kappa shape index (κ2) is 12.7. The van der Waals surface area contributed by atoms with Crippen molar-refractivity contribution < 1.29 is 23.5 Å². The van der Waals surface area contributed by atoms with Gasteiger partial charge in [-0.15, -0.1) is 0 Å². The van der Waals surface area contributed by atoms with Gasteiger partial charge in [-0.3, -0.25) is 9.69 Å². The Morgan fingerprint density at radius 1 is 0.973 bits per heavy atom. The summed E-state index contributed by atoms with van der Waals surface area (Å²) >= 11 is 0. The molecule has 2 amide bonds. The van der Waals surface area contributed by atoms with Crippen LogP contribution in [0.2, 0.25) is 0 Å². The minimum absolute atomic E-state index is 0.0243. The van der Waals surface area contributed by atoms with Crippen LogP contribution in [-0.4, -0.2) is 70.1 Å². The van der Waals surface area contributed by atoms with Crippen LogP contribution >= 0.6 is 0 Å². The van der Waals surface area contributed by atoms with Crippen LogP contribution in [-0.2, 0) is 6.54 Å². The van der Waals surface area contributed by atoms with E-state index in [2.05, 4.69) is 34.0 Å². The molecule has 0 saturated heterocycles. The summed E-state index contributed by atoms with van der Waals surface area (Å²) < 4.78 is 27.1. The number of rotatable bonds is 11. The van der Waals surface area contributed by atoms with Gasteiger partial charge in [0, 0.05) is 43.7 Å². The number of amides is 2. The summed E-state index contributed by atoms with van der Waals surface area (Å²) in [5, 5.41) is 12.6. The molecule has 0 aliphatic carbocycles. The second-order valence-corrected chi connectivity index (χ2v) is 8.34. The predicted octanol–water partition coefficient (Wildman–Crippen LogP) is 4.60. The van der Waals surface area contributed by atoms with Crippen molar-refractivity contribution in [3.8, 4) is 0 Å². The molecule has 0 aliphatic heterocycles. The van der Waals surface area contributed by atoms with Crippen molar-refractivity contribution in [3.05, 3.63) is 77.5 Å². The number of benzene rings is 2. The third kappa shape index (κ3) is 7.68. The van der Waals surface area contributed by atoms with E-state index in [9.17, 15) is 23.5 Å². The number of carbonyl (C=O) groups is 2. The van der Waals surface area contributed by atoms with Crippen molar-refractivity contribution in [2.75, 3.05) is 43.4 Å². The highest BCUT2D eigenvalue weighted by atomic mass is 19.1. The summed E-state index contributed by atoms with van der Waals surface area (Å²) in [6.07, 6.45) is 0.0255. The first-order chi connectivity index (χ1) is 17.7. The molecule has 0 bridgehead atoms. The van der Waals surface area contributed by atoms with E-state index in [1.54, 1.807) is 36.2 Å². The van der Waals surface area contributed by atoms with Gasteiger partial charge in [0.2, 0.25) is 5.95 Å². The molecule has 0 fully saturated rings. The maximum absolute atomic E-state index is 13.5. The molecule has 0 unspecified atom stereocenters. The number of nitrogens with zero attached hydrogens (tertiary/aromatic N) is 5. The number of anilines is 3. The van der Waals surface area contributed by atoms with E-state index in [1.807, 2.05) is 0 Å². The molecule has 3 rings (SSSR count). The Morgan fingerprint density at radius 3 is 2.22 bits per heavy atom. The molecule has 2 N–H and O–H groups in total. The summed E-state index contributed by atoms with van der Waals surface area (Å²) in [5.41, 5.74) is 1.26. The molecule has 37 heavy (non-hydrogen) atoms. The van der Waals surface area contributed by atoms with Crippen molar-refractivity contribution in [1.29, 1.82) is 0 Å². The first-order valence-corrected chi connectivity index (χ1v) is 11.8. The molecule has 2 aromatic carbocycles. The molecule has 0 saturated carbocycles. The summed E-state index contributed by atoms with van der Waals surface area (Å²) in [6.45, 7) is 7.13. The van der Waals surface area contributed by atoms with Gasteiger partial charge in [0.1, 0.15) is 17.5 Å². The number of carbonyl (C=O) groups excluding carboxylic acids is 1. The van der Waals surface area contributed by atoms with E-state index in [0.717, 1.165) is 36.7 Å². The number of likely N-dealkylation sites (N-methyl/N-ethyl adjacent to an activating group) is 2. The lowest BCUT2D eigenvalue weighted by atomic mass is 10.2. The van der Waals surface area contributed by atoms with Gasteiger partial charge in [-0.05, 0) is 61.1 Å². The lowest BCUT2D eigenvalue weighted by Crippen LogP contribution is -2.36. The second-order valence-electron chi connectivity index (χ2n) is 8.34. The zero-order chi connectivity index (χ0) is 26.9. The Balaban J connectivity index is 1.68. The Labute approximate surface area is 214 Å². The molecule has 9 nitrogen and oxygen atoms in total. The van der Waals surface area contributed by atoms with E-state index in [4.69, 9.17) is 0 Å². The van der Waals surface area contributed by atoms with E-state index >= 15 is 0 Å². The highest BCUT2D eigenvalue weighted by molar-refractivity contribution is 5.94. The topological polar surface area (TPSA) is 102 Å². The molecule has 1 aromatic heterocycles. The van der Waals surface area contributed by atoms with Gasteiger partial charge in [-0.1, -0.05) is 13.8 Å². The fraction of sp³-hybridized carbons (Fsp3) is 0.308. The van der Waals surface area contributed by atoms with Crippen LogP contribution in [0.5, 0.6) is 0 Å². The van der Waals surface area contributed by atoms with Gasteiger partial charge in [0.05, 0.1) is 6.54 Å². The molecule has 0 radical (unpaired) electrons. The summed E-state index contributed by atoms with van der Waals surface area (Å²) in [7, 11) is 1.77. The number of halogens is 2. The minimum atomic E-state index is -1.35. The number of carboxylic acid groups (broad SMARTS) is 1. The summed E-state index contributed by atoms with van der Waals surface area (Å²) in [6, 6.07) is 11.0. The Morgan fingerprint density at radius 2 is 1.62 bits per heavy atom. The van der Waals surface area contributed by atoms with Crippen LogP contribution in [0.4, 0.5) is 31.0 Å². The molecule has 1 heterocycles. The average molecular weight is 513 g/mol. The van der Waals surface area contributed by atoms with Crippen molar-refractivity contribution in [2.24, 2.45) is 0 Å². The predicted molar refractivity (Wildman–Crippen MR) is 137 cm³/mol. The standard InChI is InChI=1S/C26H30F2N6O3/c1-4-33(5-2)13-12-32(3)24(35)19-6-8-22(9-7-19)30-25-29-11-10-23(31-25)34(26(36)37)17-18-14-20(27)16-21(28)15-18/h6-11,14-16H,4-5,12-13,17H2,1-3H3,(H,36,37)(H,29,30,31). The summed E-state index contributed by atoms with van der Waals surface area (Å²) in [5.74, 6) is -1.56. The summed E-state index contributed by atoms with van der Waals surface area (Å²) in [4.78, 5) is 37.7. The van der Waals surface area contributed by atoms with E-state index in [0.29, 0.717) is 23.9 Å². The molecule has 11 heteroatoms. The normalized spacial score (nSPS) is 10.9. The third-order valence-corrected chi connectivity index (χ3v) is 5.79. The van der Waals surface area contributed by atoms with Gasteiger partial charge < -0.3 is 20.2 Å². The maximum Gasteiger partial charge on any atom is 0.413 e. The molecule has 0 atom stereocenters. The zero-order valence-electron chi connectivity index (χ0n) is 21.0. The molecule has 3 aromatic rings. The third-order valence-electron chi connectivity index (χ3n) is 5.79. The fourth-order valence-electron chi connectivity index (χ4n) is 3.67. The molecule has 196 valence electrons. The van der Waals surface area contributed by atoms with Crippen LogP contribution in [0.25, 0.3) is 0 Å². The van der Waals surface area contributed by atoms with Gasteiger partial charge in [-0.2, -0.15) is 4.98 Å². The molecular weight excluding hydrogens is 482 g/mol. The van der Waals surface area contributed by atoms with Crippen molar-refractivity contribution in [3.63, 3.8) is 0 Å². The lowest BCUT2D eigenvalue weighted by molar-refractivity contribution is 0.0779. The van der Waals surface area contributed by atoms with Crippen LogP contribution in [0, 0.1) is 11.6 Å². The first-order valence-electron chi connectivity index (χ1n) is 11.8. The van der Waals surface area contributed by atoms with Gasteiger partial charge >= 0.3 is 6.09 Å². The smallest absolute Gasteiger partial charge is 0.413 e. The maximum atomic E-state index is 13.5. The van der Waals surface area contributed by atoms with Crippen molar-refractivity contribution in [2.45, 2.75) is 20.4 Å². The van der Waals surface area contributed by atoms with Crippen molar-refractivity contribution in [1.82, 2.24) is 19.8 Å². The Kier molecular flexibility index (Phi) is 9.45. The zero-order valence-corrected chi connectivity index (χ0v) is 21.0. The highest BCUT2D eigenvalue weighted by Crippen LogP contribution is 2.20. The molecule has 0 aliphatic rings. The highest BCUT2D eigenvalue weighted by Gasteiger charge is 2.18. The number of aromatic nitrogens is 2. The van der Waals surface area contributed by atoms with E-state index in [-0.39, 0.29) is 29.8 Å². The number of nitrogens with one attached hydrogen (secondary N) is 1. The Hall–Kier alpha value is -4.12. The number of hydrogen-bond acceptors (Lipinski definition) is 6. The quantitative estimate of drug-likeness (QED) is 0.387. The molecule has 0 spiro atoms. The minimum Gasteiger partial charge on any atom is -0.465 e. The monoisotopic (exact) mass is 512 g/mol. The van der Waals surface area contributed by atoms with E-state index < -0.39 is 17.7 Å². The van der Waals surface area contributed by atoms with Crippen molar-refractivity contribution >= 4 is 29.5 Å². The lowest BCUT2D eigenvalue weighted by Gasteiger charge is -2.23. The fourth-order valence-corrected chi connectivity index (χ4v) is 3.67. The first kappa shape index (κ1) is 27.5. The van der Waals surface area contributed by atoms with E-state index in [1.165, 1.54) is 12.3 Å². The van der Waals surface area contributed by atoms with Crippen LogP contribution in [0.15, 0.2) is 54.7 Å². The van der Waals surface area contributed by atoms with Gasteiger partial charge in [0.25, 0.3) is 5.91 Å². The largest absolute Gasteiger partial charge is 0.465 e. The van der Waals surface area contributed by atoms with Crippen LogP contribution in [0.3, 0.4) is 0 Å². The van der Waals surface area contributed by atoms with Crippen LogP contribution < -0.4 is 10.2 Å². The van der Waals surface area contributed by atoms with Crippen LogP contribution in [0.1, 0.15) is 29.8 Å². The number of hydrogen-bond donors (Lipinski definition) is 2. The van der Waals surface area contributed by atoms with Gasteiger partial charge in [-0.25, -0.2) is 18.6 Å². The SMILES string of the molecule is CCN(CC)CCN(C)C(=O)c1ccc(Nc2nccc(N(Cc3cc(F)cc(F)c3)C(=O)O)n2)cc1.